The van der Waals surface area contributed by atoms with Crippen molar-refractivity contribution in [1.29, 1.82) is 0 Å². The van der Waals surface area contributed by atoms with Crippen molar-refractivity contribution < 1.29 is 31.1 Å². The number of aliphatic imine (C=N–C) groups is 1. The number of benzene rings is 1. The lowest BCUT2D eigenvalue weighted by Crippen LogP contribution is -2.63. The molecule has 25 heavy (non-hydrogen) atoms. The first kappa shape index (κ1) is 18.0. The zero-order valence-electron chi connectivity index (χ0n) is 12.7. The summed E-state index contributed by atoms with van der Waals surface area (Å²) in [6.07, 6.45) is -5.23. The number of amidine groups is 1. The number of halogens is 3. The predicted octanol–water partition coefficient (Wildman–Crippen LogP) is 1.18. The average molecular weight is 395 g/mol. The number of ether oxygens (including phenoxy) is 1. The maximum absolute atomic E-state index is 13.6. The van der Waals surface area contributed by atoms with Crippen LogP contribution in [0.3, 0.4) is 0 Å². The normalized spacial score (nSPS) is 23.6. The van der Waals surface area contributed by atoms with Crippen LogP contribution in [-0.4, -0.2) is 55.6 Å². The summed E-state index contributed by atoms with van der Waals surface area (Å²) < 4.78 is 72.0. The second-order valence-electron chi connectivity index (χ2n) is 5.19. The Hall–Kier alpha value is -1.79. The quantitative estimate of drug-likeness (QED) is 0.827. The van der Waals surface area contributed by atoms with Crippen molar-refractivity contribution in [2.75, 3.05) is 19.4 Å². The van der Waals surface area contributed by atoms with Crippen molar-refractivity contribution >= 4 is 32.9 Å². The average Bonchev–Trinajstić information content (AvgIpc) is 3.09. The summed E-state index contributed by atoms with van der Waals surface area (Å²) in [6, 6.07) is 4.72. The second kappa shape index (κ2) is 5.88. The Morgan fingerprint density at radius 1 is 1.32 bits per heavy atom. The number of hydrogen-bond donors (Lipinski definition) is 1. The molecule has 1 N–H and O–H groups in total. The fourth-order valence-electron chi connectivity index (χ4n) is 2.39. The van der Waals surface area contributed by atoms with Gasteiger partial charge >= 0.3 is 11.8 Å². The Balaban J connectivity index is 2.02. The summed E-state index contributed by atoms with van der Waals surface area (Å²) in [5.41, 5.74) is -3.55. The molecule has 0 bridgehead atoms. The first-order chi connectivity index (χ1) is 11.6. The Bertz CT molecular complexity index is 839. The molecular formula is C13H12F3N3O4S2. The minimum absolute atomic E-state index is 0.0461. The van der Waals surface area contributed by atoms with Crippen LogP contribution in [0.1, 0.15) is 0 Å². The fraction of sp³-hybridized carbons (Fsp3) is 0.385. The lowest BCUT2D eigenvalue weighted by molar-refractivity contribution is -0.194. The van der Waals surface area contributed by atoms with E-state index in [1.54, 1.807) is 0 Å². The maximum Gasteiger partial charge on any atom is 0.437 e. The van der Waals surface area contributed by atoms with E-state index in [9.17, 15) is 26.4 Å². The molecule has 1 fully saturated rings. The number of sulfonamides is 1. The summed E-state index contributed by atoms with van der Waals surface area (Å²) in [5, 5.41) is -0.139. The van der Waals surface area contributed by atoms with Crippen LogP contribution < -0.4 is 9.46 Å². The van der Waals surface area contributed by atoms with Crippen LogP contribution in [0.5, 0.6) is 5.75 Å². The highest BCUT2D eigenvalue weighted by Gasteiger charge is 2.68. The lowest BCUT2D eigenvalue weighted by atomic mass is 10.1. The minimum atomic E-state index is -5.23. The van der Waals surface area contributed by atoms with E-state index in [4.69, 9.17) is 4.74 Å². The number of carbonyl (C=O) groups excluding carboxylic acids is 1. The minimum Gasteiger partial charge on any atom is -0.497 e. The van der Waals surface area contributed by atoms with Gasteiger partial charge in [-0.2, -0.15) is 17.9 Å². The van der Waals surface area contributed by atoms with Gasteiger partial charge in [0.1, 0.15) is 5.75 Å². The number of amides is 1. The first-order valence-electron chi connectivity index (χ1n) is 6.90. The van der Waals surface area contributed by atoms with Gasteiger partial charge in [-0.05, 0) is 24.3 Å². The Morgan fingerprint density at radius 3 is 2.48 bits per heavy atom. The smallest absolute Gasteiger partial charge is 0.437 e. The number of nitrogens with zero attached hydrogens (tertiary/aromatic N) is 2. The van der Waals surface area contributed by atoms with Crippen LogP contribution in [0.2, 0.25) is 0 Å². The molecule has 0 spiro atoms. The van der Waals surface area contributed by atoms with Crippen molar-refractivity contribution in [2.45, 2.75) is 16.7 Å². The van der Waals surface area contributed by atoms with Gasteiger partial charge in [0, 0.05) is 12.3 Å². The number of rotatable bonds is 4. The van der Waals surface area contributed by atoms with Crippen LogP contribution in [0.4, 0.5) is 13.2 Å². The van der Waals surface area contributed by atoms with Crippen molar-refractivity contribution in [3.05, 3.63) is 24.3 Å². The molecule has 3 rings (SSSR count). The molecule has 1 aromatic carbocycles. The molecule has 2 aliphatic rings. The standard InChI is InChI=1S/C13H12F3N3O4S2/c1-23-8-2-4-9(5-3-8)25(21,22)18-12(13(14,15)16)10(20)19-6-7-24-11(19)17-12/h2-5,18H,6-7H2,1H3/t12-/m1/s1. The summed E-state index contributed by atoms with van der Waals surface area (Å²) >= 11 is 0.966. The molecule has 0 aliphatic carbocycles. The first-order valence-corrected chi connectivity index (χ1v) is 9.37. The van der Waals surface area contributed by atoms with Gasteiger partial charge in [0.05, 0.1) is 12.0 Å². The van der Waals surface area contributed by atoms with Crippen LogP contribution in [0, 0.1) is 0 Å². The number of nitrogens with one attached hydrogen (secondary N) is 1. The van der Waals surface area contributed by atoms with E-state index in [1.807, 2.05) is 0 Å². The van der Waals surface area contributed by atoms with Crippen molar-refractivity contribution in [2.24, 2.45) is 4.99 Å². The number of carbonyl (C=O) groups is 1. The number of hydrogen-bond acceptors (Lipinski definition) is 6. The highest BCUT2D eigenvalue weighted by atomic mass is 32.2. The molecular weight excluding hydrogens is 383 g/mol. The van der Waals surface area contributed by atoms with E-state index >= 15 is 0 Å². The highest BCUT2D eigenvalue weighted by molar-refractivity contribution is 8.14. The summed E-state index contributed by atoms with van der Waals surface area (Å²) in [6.45, 7) is 0.0461. The predicted molar refractivity (Wildman–Crippen MR) is 83.7 cm³/mol. The van der Waals surface area contributed by atoms with E-state index in [0.717, 1.165) is 28.8 Å². The molecule has 0 aromatic heterocycles. The van der Waals surface area contributed by atoms with Crippen molar-refractivity contribution in [1.82, 2.24) is 9.62 Å². The van der Waals surface area contributed by atoms with E-state index in [1.165, 1.54) is 24.0 Å². The van der Waals surface area contributed by atoms with E-state index in [2.05, 4.69) is 4.99 Å². The highest BCUT2D eigenvalue weighted by Crippen LogP contribution is 2.41. The topological polar surface area (TPSA) is 88.1 Å². The lowest BCUT2D eigenvalue weighted by Gasteiger charge is -2.28. The van der Waals surface area contributed by atoms with Gasteiger partial charge in [0.15, 0.2) is 5.17 Å². The summed E-state index contributed by atoms with van der Waals surface area (Å²) in [7, 11) is -3.30. The second-order valence-corrected chi connectivity index (χ2v) is 7.93. The van der Waals surface area contributed by atoms with Crippen LogP contribution in [-0.2, 0) is 14.8 Å². The van der Waals surface area contributed by atoms with Gasteiger partial charge in [-0.15, -0.1) is 0 Å². The van der Waals surface area contributed by atoms with E-state index in [0.29, 0.717) is 11.5 Å². The number of fused-ring (bicyclic) bond motifs is 1. The molecule has 2 heterocycles. The Labute approximate surface area is 145 Å². The Morgan fingerprint density at radius 2 is 1.96 bits per heavy atom. The SMILES string of the molecule is COc1ccc(S(=O)(=O)N[C@]2(C(F)(F)F)N=C3SCCN3C2=O)cc1. The van der Waals surface area contributed by atoms with Crippen LogP contribution >= 0.6 is 11.8 Å². The molecule has 0 unspecified atom stereocenters. The maximum atomic E-state index is 13.6. The van der Waals surface area contributed by atoms with Gasteiger partial charge in [0.2, 0.25) is 10.0 Å². The van der Waals surface area contributed by atoms with Gasteiger partial charge in [-0.1, -0.05) is 11.8 Å². The third-order valence-corrected chi connectivity index (χ3v) is 6.07. The van der Waals surface area contributed by atoms with E-state index in [-0.39, 0.29) is 11.7 Å². The molecule has 12 heteroatoms. The van der Waals surface area contributed by atoms with Gasteiger partial charge < -0.3 is 4.74 Å². The van der Waals surface area contributed by atoms with Crippen molar-refractivity contribution in [3.8, 4) is 5.75 Å². The van der Waals surface area contributed by atoms with Gasteiger partial charge in [-0.25, -0.2) is 13.4 Å². The molecule has 7 nitrogen and oxygen atoms in total. The molecule has 1 atom stereocenters. The molecule has 1 aromatic rings. The van der Waals surface area contributed by atoms with Crippen LogP contribution in [0.25, 0.3) is 0 Å². The summed E-state index contributed by atoms with van der Waals surface area (Å²) in [4.78, 5) is 16.1. The fourth-order valence-corrected chi connectivity index (χ4v) is 4.62. The zero-order valence-corrected chi connectivity index (χ0v) is 14.3. The van der Waals surface area contributed by atoms with Gasteiger partial charge in [0.25, 0.3) is 5.91 Å². The van der Waals surface area contributed by atoms with Crippen LogP contribution in [0.15, 0.2) is 34.2 Å². The zero-order chi connectivity index (χ0) is 18.5. The molecule has 2 aliphatic heterocycles. The van der Waals surface area contributed by atoms with E-state index < -0.39 is 32.7 Å². The number of alkyl halides is 3. The molecule has 136 valence electrons. The molecule has 1 saturated heterocycles. The molecule has 0 radical (unpaired) electrons. The summed E-state index contributed by atoms with van der Waals surface area (Å²) in [5.74, 6) is -0.709. The third kappa shape index (κ3) is 2.87. The molecule has 1 amide bonds. The largest absolute Gasteiger partial charge is 0.497 e. The monoisotopic (exact) mass is 395 g/mol. The van der Waals surface area contributed by atoms with Gasteiger partial charge in [-0.3, -0.25) is 9.69 Å². The van der Waals surface area contributed by atoms with Crippen molar-refractivity contribution in [3.63, 3.8) is 0 Å². The molecule has 0 saturated carbocycles. The Kier molecular flexibility index (Phi) is 4.24. The number of thioether (sulfide) groups is 1. The number of methoxy groups -OCH3 is 1. The third-order valence-electron chi connectivity index (χ3n) is 3.66.